The first-order valence-corrected chi connectivity index (χ1v) is 9.41. The van der Waals surface area contributed by atoms with Crippen LogP contribution < -0.4 is 10.6 Å². The molecular formula is C17H17ClN2O4S. The van der Waals surface area contributed by atoms with Crippen molar-refractivity contribution in [1.29, 1.82) is 0 Å². The van der Waals surface area contributed by atoms with Gasteiger partial charge in [0, 0.05) is 17.8 Å². The molecule has 2 rings (SSSR count). The zero-order valence-electron chi connectivity index (χ0n) is 13.5. The molecule has 132 valence electrons. The Labute approximate surface area is 151 Å². The molecule has 0 atom stereocenters. The van der Waals surface area contributed by atoms with Gasteiger partial charge < -0.3 is 10.6 Å². The molecule has 0 heterocycles. The molecule has 0 aliphatic carbocycles. The molecule has 25 heavy (non-hydrogen) atoms. The minimum atomic E-state index is -3.75. The van der Waals surface area contributed by atoms with Crippen LogP contribution in [0.2, 0.25) is 5.02 Å². The number of carbonyl (C=O) groups excluding carboxylic acids is 2. The third-order valence-corrected chi connectivity index (χ3v) is 5.26. The van der Waals surface area contributed by atoms with Crippen LogP contribution in [0.15, 0.2) is 53.4 Å². The molecule has 2 aromatic carbocycles. The SMILES string of the molecule is CNC(=O)Cc1ccc(NC(=O)CS(=O)(=O)c2ccc(Cl)cc2)cc1. The van der Waals surface area contributed by atoms with Crippen molar-refractivity contribution < 1.29 is 18.0 Å². The summed E-state index contributed by atoms with van der Waals surface area (Å²) in [6.45, 7) is 0. The van der Waals surface area contributed by atoms with Crippen LogP contribution >= 0.6 is 11.6 Å². The van der Waals surface area contributed by atoms with Gasteiger partial charge in [0.05, 0.1) is 11.3 Å². The first-order chi connectivity index (χ1) is 11.8. The Bertz CT molecular complexity index is 863. The summed E-state index contributed by atoms with van der Waals surface area (Å²) in [5.74, 6) is -1.44. The fourth-order valence-electron chi connectivity index (χ4n) is 2.07. The average Bonchev–Trinajstić information content (AvgIpc) is 2.56. The van der Waals surface area contributed by atoms with Crippen molar-refractivity contribution in [2.24, 2.45) is 0 Å². The van der Waals surface area contributed by atoms with Gasteiger partial charge in [-0.25, -0.2) is 8.42 Å². The molecule has 0 fully saturated rings. The molecule has 0 aromatic heterocycles. The Hall–Kier alpha value is -2.38. The molecular weight excluding hydrogens is 364 g/mol. The number of rotatable bonds is 6. The second-order valence-corrected chi connectivity index (χ2v) is 7.73. The van der Waals surface area contributed by atoms with Crippen LogP contribution in [-0.2, 0) is 25.8 Å². The molecule has 0 saturated heterocycles. The number of nitrogens with one attached hydrogen (secondary N) is 2. The van der Waals surface area contributed by atoms with E-state index < -0.39 is 21.5 Å². The molecule has 0 aliphatic heterocycles. The van der Waals surface area contributed by atoms with Crippen LogP contribution in [0.4, 0.5) is 5.69 Å². The highest BCUT2D eigenvalue weighted by Gasteiger charge is 2.19. The van der Waals surface area contributed by atoms with Crippen LogP contribution in [0.1, 0.15) is 5.56 Å². The van der Waals surface area contributed by atoms with E-state index in [4.69, 9.17) is 11.6 Å². The Morgan fingerprint density at radius 3 is 2.12 bits per heavy atom. The number of amides is 2. The van der Waals surface area contributed by atoms with E-state index in [-0.39, 0.29) is 17.2 Å². The summed E-state index contributed by atoms with van der Waals surface area (Å²) in [6, 6.07) is 12.2. The fraction of sp³-hybridized carbons (Fsp3) is 0.176. The number of hydrogen-bond donors (Lipinski definition) is 2. The first-order valence-electron chi connectivity index (χ1n) is 7.38. The van der Waals surface area contributed by atoms with Gasteiger partial charge in [0.25, 0.3) is 0 Å². The predicted molar refractivity (Wildman–Crippen MR) is 96.3 cm³/mol. The van der Waals surface area contributed by atoms with E-state index in [1.807, 2.05) is 0 Å². The predicted octanol–water partition coefficient (Wildman–Crippen LogP) is 2.04. The van der Waals surface area contributed by atoms with Gasteiger partial charge in [-0.2, -0.15) is 0 Å². The third kappa shape index (κ3) is 5.58. The maximum absolute atomic E-state index is 12.2. The lowest BCUT2D eigenvalue weighted by atomic mass is 10.1. The summed E-state index contributed by atoms with van der Waals surface area (Å²) >= 11 is 5.73. The summed E-state index contributed by atoms with van der Waals surface area (Å²) < 4.78 is 24.4. The van der Waals surface area contributed by atoms with Gasteiger partial charge in [-0.1, -0.05) is 23.7 Å². The van der Waals surface area contributed by atoms with E-state index in [0.717, 1.165) is 5.56 Å². The average molecular weight is 381 g/mol. The van der Waals surface area contributed by atoms with E-state index >= 15 is 0 Å². The van der Waals surface area contributed by atoms with Crippen molar-refractivity contribution in [3.8, 4) is 0 Å². The third-order valence-electron chi connectivity index (χ3n) is 3.38. The molecule has 2 amide bonds. The molecule has 0 unspecified atom stereocenters. The second-order valence-electron chi connectivity index (χ2n) is 5.31. The zero-order chi connectivity index (χ0) is 18.4. The second kappa shape index (κ2) is 8.13. The Morgan fingerprint density at radius 1 is 0.960 bits per heavy atom. The van der Waals surface area contributed by atoms with E-state index in [0.29, 0.717) is 10.7 Å². The summed E-state index contributed by atoms with van der Waals surface area (Å²) in [4.78, 5) is 23.3. The summed E-state index contributed by atoms with van der Waals surface area (Å²) in [6.07, 6.45) is 0.232. The highest BCUT2D eigenvalue weighted by Crippen LogP contribution is 2.16. The Balaban J connectivity index is 1.99. The number of likely N-dealkylation sites (N-methyl/N-ethyl adjacent to an activating group) is 1. The minimum Gasteiger partial charge on any atom is -0.359 e. The van der Waals surface area contributed by atoms with Crippen LogP contribution in [0, 0.1) is 0 Å². The van der Waals surface area contributed by atoms with Gasteiger partial charge in [0.15, 0.2) is 9.84 Å². The number of halogens is 1. The number of benzene rings is 2. The molecule has 0 radical (unpaired) electrons. The van der Waals surface area contributed by atoms with Gasteiger partial charge in [-0.15, -0.1) is 0 Å². The minimum absolute atomic E-state index is 0.0352. The van der Waals surface area contributed by atoms with E-state index in [1.165, 1.54) is 24.3 Å². The molecule has 0 aliphatic rings. The van der Waals surface area contributed by atoms with Gasteiger partial charge in [0.1, 0.15) is 5.75 Å². The maximum Gasteiger partial charge on any atom is 0.239 e. The topological polar surface area (TPSA) is 92.3 Å². The van der Waals surface area contributed by atoms with Gasteiger partial charge >= 0.3 is 0 Å². The lowest BCUT2D eigenvalue weighted by Crippen LogP contribution is -2.23. The monoisotopic (exact) mass is 380 g/mol. The summed E-state index contributed by atoms with van der Waals surface area (Å²) in [5, 5.41) is 5.47. The fourth-order valence-corrected chi connectivity index (χ4v) is 3.34. The highest BCUT2D eigenvalue weighted by atomic mass is 35.5. The van der Waals surface area contributed by atoms with Crippen LogP contribution in [-0.4, -0.2) is 33.0 Å². The normalized spacial score (nSPS) is 11.0. The lowest BCUT2D eigenvalue weighted by Gasteiger charge is -2.08. The zero-order valence-corrected chi connectivity index (χ0v) is 15.0. The Kier molecular flexibility index (Phi) is 6.17. The lowest BCUT2D eigenvalue weighted by molar-refractivity contribution is -0.120. The largest absolute Gasteiger partial charge is 0.359 e. The van der Waals surface area contributed by atoms with Crippen LogP contribution in [0.25, 0.3) is 0 Å². The number of anilines is 1. The van der Waals surface area contributed by atoms with E-state index in [2.05, 4.69) is 10.6 Å². The molecule has 0 bridgehead atoms. The van der Waals surface area contributed by atoms with Gasteiger partial charge in [-0.05, 0) is 42.0 Å². The molecule has 8 heteroatoms. The van der Waals surface area contributed by atoms with E-state index in [1.54, 1.807) is 31.3 Å². The van der Waals surface area contributed by atoms with Crippen molar-refractivity contribution in [3.05, 3.63) is 59.1 Å². The van der Waals surface area contributed by atoms with E-state index in [9.17, 15) is 18.0 Å². The van der Waals surface area contributed by atoms with Crippen molar-refractivity contribution in [2.45, 2.75) is 11.3 Å². The van der Waals surface area contributed by atoms with Gasteiger partial charge in [0.2, 0.25) is 11.8 Å². The standard InChI is InChI=1S/C17H17ClN2O4S/c1-19-16(21)10-12-2-6-14(7-3-12)20-17(22)11-25(23,24)15-8-4-13(18)5-9-15/h2-9H,10-11H2,1H3,(H,19,21)(H,20,22). The number of carbonyl (C=O) groups is 2. The van der Waals surface area contributed by atoms with Crippen molar-refractivity contribution in [1.82, 2.24) is 5.32 Å². The highest BCUT2D eigenvalue weighted by molar-refractivity contribution is 7.92. The van der Waals surface area contributed by atoms with Crippen LogP contribution in [0.5, 0.6) is 0 Å². The summed E-state index contributed by atoms with van der Waals surface area (Å²) in [7, 11) is -2.19. The van der Waals surface area contributed by atoms with Crippen LogP contribution in [0.3, 0.4) is 0 Å². The van der Waals surface area contributed by atoms with Crippen molar-refractivity contribution in [3.63, 3.8) is 0 Å². The molecule has 2 aromatic rings. The van der Waals surface area contributed by atoms with Gasteiger partial charge in [-0.3, -0.25) is 9.59 Å². The molecule has 2 N–H and O–H groups in total. The summed E-state index contributed by atoms with van der Waals surface area (Å²) in [5.41, 5.74) is 1.24. The van der Waals surface area contributed by atoms with Crippen molar-refractivity contribution in [2.75, 3.05) is 18.1 Å². The molecule has 0 spiro atoms. The smallest absolute Gasteiger partial charge is 0.239 e. The number of sulfone groups is 1. The molecule has 6 nitrogen and oxygen atoms in total. The molecule has 0 saturated carbocycles. The maximum atomic E-state index is 12.2. The van der Waals surface area contributed by atoms with Crippen molar-refractivity contribution >= 4 is 38.9 Å². The first kappa shape index (κ1) is 19.0. The number of hydrogen-bond acceptors (Lipinski definition) is 4. The Morgan fingerprint density at radius 2 is 1.56 bits per heavy atom. The quantitative estimate of drug-likeness (QED) is 0.802.